The molecule has 1 fully saturated rings. The average Bonchev–Trinajstić information content (AvgIpc) is 2.89. The van der Waals surface area contributed by atoms with Crippen molar-refractivity contribution in [3.63, 3.8) is 0 Å². The van der Waals surface area contributed by atoms with Crippen LogP contribution in [0.4, 0.5) is 0 Å². The zero-order valence-corrected chi connectivity index (χ0v) is 11.8. The lowest BCUT2D eigenvalue weighted by molar-refractivity contribution is -0.153. The third kappa shape index (κ3) is 3.07. The van der Waals surface area contributed by atoms with E-state index < -0.39 is 6.04 Å². The maximum absolute atomic E-state index is 12.2. The van der Waals surface area contributed by atoms with Gasteiger partial charge in [-0.1, -0.05) is 0 Å². The van der Waals surface area contributed by atoms with Crippen LogP contribution in [0.5, 0.6) is 0 Å². The number of carbonyl (C=O) groups excluding carboxylic acids is 2. The first-order chi connectivity index (χ1) is 9.63. The number of piperidine rings is 1. The van der Waals surface area contributed by atoms with Crippen LogP contribution < -0.4 is 0 Å². The van der Waals surface area contributed by atoms with Crippen LogP contribution in [0.15, 0.2) is 18.3 Å². The molecule has 6 heteroatoms. The molecule has 2 rings (SSSR count). The van der Waals surface area contributed by atoms with Crippen molar-refractivity contribution in [2.75, 3.05) is 13.7 Å². The van der Waals surface area contributed by atoms with Gasteiger partial charge in [-0.2, -0.15) is 5.10 Å². The smallest absolute Gasteiger partial charge is 0.328 e. The molecule has 0 radical (unpaired) electrons. The summed E-state index contributed by atoms with van der Waals surface area (Å²) in [4.78, 5) is 25.5. The lowest BCUT2D eigenvalue weighted by atomic mass is 10.0. The number of hydrogen-bond donors (Lipinski definition) is 0. The van der Waals surface area contributed by atoms with Crippen LogP contribution >= 0.6 is 0 Å². The SMILES string of the molecule is COC(=O)[C@@H]1CCCCN1C(=O)/C=C/c1ccnn1C. The standard InChI is InChI=1S/C14H19N3O3/c1-16-11(8-9-15-16)6-7-13(18)17-10-4-3-5-12(17)14(19)20-2/h6-9,12H,3-5,10H2,1-2H3/b7-6+/t12-/m0/s1. The van der Waals surface area contributed by atoms with E-state index in [9.17, 15) is 9.59 Å². The summed E-state index contributed by atoms with van der Waals surface area (Å²) < 4.78 is 6.45. The summed E-state index contributed by atoms with van der Waals surface area (Å²) >= 11 is 0. The molecule has 0 spiro atoms. The first-order valence-corrected chi connectivity index (χ1v) is 6.68. The average molecular weight is 277 g/mol. The Bertz CT molecular complexity index is 521. The van der Waals surface area contributed by atoms with Crippen molar-refractivity contribution in [2.24, 2.45) is 7.05 Å². The number of nitrogens with zero attached hydrogens (tertiary/aromatic N) is 3. The highest BCUT2D eigenvalue weighted by molar-refractivity contribution is 5.94. The first kappa shape index (κ1) is 14.3. The number of aryl methyl sites for hydroxylation is 1. The number of amides is 1. The summed E-state index contributed by atoms with van der Waals surface area (Å²) in [5.41, 5.74) is 0.838. The molecule has 0 bridgehead atoms. The molecule has 0 unspecified atom stereocenters. The summed E-state index contributed by atoms with van der Waals surface area (Å²) in [6.07, 6.45) is 7.38. The second-order valence-corrected chi connectivity index (χ2v) is 4.78. The zero-order valence-electron chi connectivity index (χ0n) is 11.8. The van der Waals surface area contributed by atoms with Crippen molar-refractivity contribution in [3.8, 4) is 0 Å². The second kappa shape index (κ2) is 6.36. The van der Waals surface area contributed by atoms with Crippen molar-refractivity contribution in [1.82, 2.24) is 14.7 Å². The Kier molecular flexibility index (Phi) is 4.55. The van der Waals surface area contributed by atoms with E-state index in [4.69, 9.17) is 4.74 Å². The van der Waals surface area contributed by atoms with E-state index in [0.29, 0.717) is 13.0 Å². The maximum atomic E-state index is 12.2. The fourth-order valence-electron chi connectivity index (χ4n) is 2.38. The minimum atomic E-state index is -0.461. The molecule has 0 N–H and O–H groups in total. The summed E-state index contributed by atoms with van der Waals surface area (Å²) in [7, 11) is 3.16. The molecule has 0 aromatic carbocycles. The summed E-state index contributed by atoms with van der Waals surface area (Å²) in [6, 6.07) is 1.36. The van der Waals surface area contributed by atoms with Gasteiger partial charge in [0.15, 0.2) is 0 Å². The number of aromatic nitrogens is 2. The Hall–Kier alpha value is -2.11. The maximum Gasteiger partial charge on any atom is 0.328 e. The third-order valence-electron chi connectivity index (χ3n) is 3.51. The summed E-state index contributed by atoms with van der Waals surface area (Å²) in [5, 5.41) is 4.03. The molecule has 6 nitrogen and oxygen atoms in total. The van der Waals surface area contributed by atoms with Crippen molar-refractivity contribution in [2.45, 2.75) is 25.3 Å². The van der Waals surface area contributed by atoms with Crippen LogP contribution in [-0.2, 0) is 21.4 Å². The van der Waals surface area contributed by atoms with Crippen LogP contribution in [0, 0.1) is 0 Å². The second-order valence-electron chi connectivity index (χ2n) is 4.78. The number of ether oxygens (including phenoxy) is 1. The van der Waals surface area contributed by atoms with Crippen molar-refractivity contribution < 1.29 is 14.3 Å². The lowest BCUT2D eigenvalue weighted by Gasteiger charge is -2.32. The van der Waals surface area contributed by atoms with Gasteiger partial charge >= 0.3 is 5.97 Å². The highest BCUT2D eigenvalue weighted by Crippen LogP contribution is 2.18. The molecule has 1 aromatic heterocycles. The summed E-state index contributed by atoms with van der Waals surface area (Å²) in [6.45, 7) is 0.592. The predicted molar refractivity (Wildman–Crippen MR) is 73.6 cm³/mol. The van der Waals surface area contributed by atoms with Crippen LogP contribution in [0.25, 0.3) is 6.08 Å². The molecule has 1 aromatic rings. The number of methoxy groups -OCH3 is 1. The van der Waals surface area contributed by atoms with Gasteiger partial charge in [0.05, 0.1) is 12.8 Å². The molecular weight excluding hydrogens is 258 g/mol. The van der Waals surface area contributed by atoms with Crippen molar-refractivity contribution >= 4 is 18.0 Å². The topological polar surface area (TPSA) is 64.4 Å². The van der Waals surface area contributed by atoms with Gasteiger partial charge in [0.25, 0.3) is 0 Å². The van der Waals surface area contributed by atoms with E-state index in [2.05, 4.69) is 5.10 Å². The van der Waals surface area contributed by atoms with Crippen LogP contribution in [0.3, 0.4) is 0 Å². The van der Waals surface area contributed by atoms with Gasteiger partial charge in [-0.25, -0.2) is 4.79 Å². The van der Waals surface area contributed by atoms with E-state index in [1.165, 1.54) is 13.2 Å². The van der Waals surface area contributed by atoms with Gasteiger partial charge < -0.3 is 9.64 Å². The minimum absolute atomic E-state index is 0.165. The van der Waals surface area contributed by atoms with Gasteiger partial charge in [0.2, 0.25) is 5.91 Å². The Morgan fingerprint density at radius 1 is 1.45 bits per heavy atom. The fraction of sp³-hybridized carbons (Fsp3) is 0.500. The third-order valence-corrected chi connectivity index (χ3v) is 3.51. The predicted octanol–water partition coefficient (Wildman–Crippen LogP) is 0.987. The number of carbonyl (C=O) groups is 2. The van der Waals surface area contributed by atoms with Gasteiger partial charge in [-0.15, -0.1) is 0 Å². The fourth-order valence-corrected chi connectivity index (χ4v) is 2.38. The van der Waals surface area contributed by atoms with E-state index in [-0.39, 0.29) is 11.9 Å². The van der Waals surface area contributed by atoms with E-state index in [1.807, 2.05) is 13.1 Å². The Morgan fingerprint density at radius 2 is 2.25 bits per heavy atom. The van der Waals surface area contributed by atoms with Crippen molar-refractivity contribution in [1.29, 1.82) is 0 Å². The van der Waals surface area contributed by atoms with E-state index in [1.54, 1.807) is 21.9 Å². The molecule has 1 aliphatic heterocycles. The van der Waals surface area contributed by atoms with Crippen LogP contribution in [-0.4, -0.2) is 46.3 Å². The van der Waals surface area contributed by atoms with Crippen molar-refractivity contribution in [3.05, 3.63) is 24.0 Å². The zero-order chi connectivity index (χ0) is 14.5. The number of likely N-dealkylation sites (tertiary alicyclic amines) is 1. The van der Waals surface area contributed by atoms with Gasteiger partial charge in [-0.05, 0) is 31.4 Å². The number of esters is 1. The van der Waals surface area contributed by atoms with Crippen LogP contribution in [0.2, 0.25) is 0 Å². The highest BCUT2D eigenvalue weighted by atomic mass is 16.5. The number of hydrogen-bond acceptors (Lipinski definition) is 4. The molecule has 0 aliphatic carbocycles. The van der Waals surface area contributed by atoms with Gasteiger partial charge in [-0.3, -0.25) is 9.48 Å². The molecule has 1 aliphatic rings. The van der Waals surface area contributed by atoms with Crippen LogP contribution in [0.1, 0.15) is 25.0 Å². The Morgan fingerprint density at radius 3 is 2.90 bits per heavy atom. The van der Waals surface area contributed by atoms with E-state index >= 15 is 0 Å². The first-order valence-electron chi connectivity index (χ1n) is 6.68. The molecule has 2 heterocycles. The van der Waals surface area contributed by atoms with E-state index in [0.717, 1.165) is 18.5 Å². The molecule has 1 saturated heterocycles. The molecule has 1 amide bonds. The number of rotatable bonds is 3. The monoisotopic (exact) mass is 277 g/mol. The molecule has 1 atom stereocenters. The van der Waals surface area contributed by atoms with Gasteiger partial charge in [0.1, 0.15) is 6.04 Å². The lowest BCUT2D eigenvalue weighted by Crippen LogP contribution is -2.47. The summed E-state index contributed by atoms with van der Waals surface area (Å²) in [5.74, 6) is -0.506. The minimum Gasteiger partial charge on any atom is -0.467 e. The largest absolute Gasteiger partial charge is 0.467 e. The van der Waals surface area contributed by atoms with Gasteiger partial charge in [0, 0.05) is 25.9 Å². The molecule has 108 valence electrons. The molecule has 0 saturated carbocycles. The normalized spacial score (nSPS) is 19.3. The highest BCUT2D eigenvalue weighted by Gasteiger charge is 2.31. The molecular formula is C14H19N3O3. The Labute approximate surface area is 118 Å². The quantitative estimate of drug-likeness (QED) is 0.610. The Balaban J connectivity index is 2.08. The molecule has 20 heavy (non-hydrogen) atoms.